The number of fused-ring (bicyclic) bond motifs is 1. The topological polar surface area (TPSA) is 116 Å². The summed E-state index contributed by atoms with van der Waals surface area (Å²) < 4.78 is 1.60. The van der Waals surface area contributed by atoms with Crippen LogP contribution >= 0.6 is 0 Å². The highest BCUT2D eigenvalue weighted by molar-refractivity contribution is 6.03. The zero-order valence-electron chi connectivity index (χ0n) is 12.7. The largest absolute Gasteiger partial charge is 0.383 e. The molecule has 0 bridgehead atoms. The molecule has 0 spiro atoms. The van der Waals surface area contributed by atoms with Gasteiger partial charge in [0.15, 0.2) is 0 Å². The molecule has 0 atom stereocenters. The molecule has 3 heterocycles. The molecule has 1 amide bonds. The van der Waals surface area contributed by atoms with Crippen LogP contribution in [0.25, 0.3) is 22.4 Å². The quantitative estimate of drug-likeness (QED) is 0.669. The molecule has 0 unspecified atom stereocenters. The van der Waals surface area contributed by atoms with Gasteiger partial charge in [-0.25, -0.2) is 9.67 Å². The summed E-state index contributed by atoms with van der Waals surface area (Å²) in [5.74, 6) is -0.357. The van der Waals surface area contributed by atoms with Crippen molar-refractivity contribution in [2.45, 2.75) is 26.3 Å². The first-order valence-corrected chi connectivity index (χ1v) is 6.92. The van der Waals surface area contributed by atoms with Crippen molar-refractivity contribution in [1.29, 1.82) is 0 Å². The van der Waals surface area contributed by atoms with Crippen molar-refractivity contribution in [2.24, 2.45) is 5.73 Å². The van der Waals surface area contributed by atoms with Crippen LogP contribution in [0.3, 0.4) is 0 Å². The number of rotatable bonds is 2. The van der Waals surface area contributed by atoms with E-state index in [0.717, 1.165) is 11.0 Å². The van der Waals surface area contributed by atoms with E-state index in [1.165, 1.54) is 0 Å². The molecule has 0 saturated heterocycles. The SMILES string of the molecule is CC(C)(C)n1nc(-c2ccc3[nH]ccc3n2)c(C(N)=O)c1N. The average molecular weight is 298 g/mol. The monoisotopic (exact) mass is 298 g/mol. The van der Waals surface area contributed by atoms with Gasteiger partial charge in [-0.15, -0.1) is 0 Å². The molecule has 0 saturated carbocycles. The Morgan fingerprint density at radius 2 is 2.00 bits per heavy atom. The summed E-state index contributed by atoms with van der Waals surface area (Å²) in [6.45, 7) is 5.86. The summed E-state index contributed by atoms with van der Waals surface area (Å²) in [6, 6.07) is 5.53. The zero-order chi connectivity index (χ0) is 16.1. The van der Waals surface area contributed by atoms with Gasteiger partial charge >= 0.3 is 0 Å². The predicted molar refractivity (Wildman–Crippen MR) is 85.2 cm³/mol. The Balaban J connectivity index is 2.27. The first kappa shape index (κ1) is 14.1. The lowest BCUT2D eigenvalue weighted by molar-refractivity contribution is 0.100. The normalized spacial score (nSPS) is 12.0. The summed E-state index contributed by atoms with van der Waals surface area (Å²) in [6.07, 6.45) is 1.80. The summed E-state index contributed by atoms with van der Waals surface area (Å²) in [4.78, 5) is 19.4. The Morgan fingerprint density at radius 1 is 1.27 bits per heavy atom. The third-order valence-electron chi connectivity index (χ3n) is 3.45. The highest BCUT2D eigenvalue weighted by Crippen LogP contribution is 2.30. The van der Waals surface area contributed by atoms with Gasteiger partial charge in [0, 0.05) is 6.20 Å². The number of nitrogens with zero attached hydrogens (tertiary/aromatic N) is 3. The van der Waals surface area contributed by atoms with Crippen LogP contribution in [-0.4, -0.2) is 25.7 Å². The Morgan fingerprint density at radius 3 is 2.64 bits per heavy atom. The fourth-order valence-corrected chi connectivity index (χ4v) is 2.43. The van der Waals surface area contributed by atoms with Crippen LogP contribution in [0.4, 0.5) is 5.82 Å². The van der Waals surface area contributed by atoms with Crippen molar-refractivity contribution < 1.29 is 4.79 Å². The van der Waals surface area contributed by atoms with E-state index in [4.69, 9.17) is 11.5 Å². The van der Waals surface area contributed by atoms with E-state index in [1.54, 1.807) is 16.9 Å². The minimum atomic E-state index is -0.612. The second-order valence-electron chi connectivity index (χ2n) is 6.16. The minimum Gasteiger partial charge on any atom is -0.383 e. The van der Waals surface area contributed by atoms with Gasteiger partial charge in [-0.05, 0) is 39.0 Å². The van der Waals surface area contributed by atoms with Crippen molar-refractivity contribution in [3.05, 3.63) is 30.0 Å². The predicted octanol–water partition coefficient (Wildman–Crippen LogP) is 1.86. The summed E-state index contributed by atoms with van der Waals surface area (Å²) in [5.41, 5.74) is 14.1. The van der Waals surface area contributed by atoms with Gasteiger partial charge in [-0.1, -0.05) is 0 Å². The highest BCUT2D eigenvalue weighted by Gasteiger charge is 2.27. The minimum absolute atomic E-state index is 0.206. The lowest BCUT2D eigenvalue weighted by Gasteiger charge is -2.20. The third-order valence-corrected chi connectivity index (χ3v) is 3.45. The molecule has 0 aliphatic rings. The fraction of sp³-hybridized carbons (Fsp3) is 0.267. The maximum absolute atomic E-state index is 11.8. The Bertz CT molecular complexity index is 868. The number of anilines is 1. The van der Waals surface area contributed by atoms with Crippen LogP contribution in [0.2, 0.25) is 0 Å². The number of primary amides is 1. The lowest BCUT2D eigenvalue weighted by atomic mass is 10.1. The van der Waals surface area contributed by atoms with Crippen LogP contribution < -0.4 is 11.5 Å². The van der Waals surface area contributed by atoms with Crippen molar-refractivity contribution in [3.8, 4) is 11.4 Å². The first-order chi connectivity index (χ1) is 10.3. The van der Waals surface area contributed by atoms with Gasteiger partial charge < -0.3 is 16.5 Å². The Labute approximate surface area is 127 Å². The summed E-state index contributed by atoms with van der Waals surface area (Å²) >= 11 is 0. The molecule has 3 aromatic heterocycles. The molecule has 0 aliphatic heterocycles. The number of nitrogens with one attached hydrogen (secondary N) is 1. The molecule has 0 aromatic carbocycles. The third kappa shape index (κ3) is 2.11. The van der Waals surface area contributed by atoms with Gasteiger partial charge in [0.2, 0.25) is 0 Å². The molecular weight excluding hydrogens is 280 g/mol. The lowest BCUT2D eigenvalue weighted by Crippen LogP contribution is -2.25. The van der Waals surface area contributed by atoms with Crippen molar-refractivity contribution >= 4 is 22.8 Å². The number of hydrogen-bond donors (Lipinski definition) is 3. The number of aromatic nitrogens is 4. The number of carbonyl (C=O) groups excluding carboxylic acids is 1. The van der Waals surface area contributed by atoms with E-state index in [9.17, 15) is 4.79 Å². The van der Waals surface area contributed by atoms with Crippen molar-refractivity contribution in [3.63, 3.8) is 0 Å². The molecule has 7 heteroatoms. The molecule has 7 nitrogen and oxygen atoms in total. The number of pyridine rings is 1. The molecule has 3 rings (SSSR count). The van der Waals surface area contributed by atoms with E-state index in [2.05, 4.69) is 15.1 Å². The van der Waals surface area contributed by atoms with Gasteiger partial charge in [-0.2, -0.15) is 5.10 Å². The van der Waals surface area contributed by atoms with Crippen LogP contribution in [0.1, 0.15) is 31.1 Å². The van der Waals surface area contributed by atoms with Gasteiger partial charge in [0.1, 0.15) is 17.1 Å². The van der Waals surface area contributed by atoms with E-state index in [0.29, 0.717) is 11.4 Å². The first-order valence-electron chi connectivity index (χ1n) is 6.92. The number of hydrogen-bond acceptors (Lipinski definition) is 4. The van der Waals surface area contributed by atoms with E-state index in [1.807, 2.05) is 32.9 Å². The molecule has 0 radical (unpaired) electrons. The molecule has 114 valence electrons. The number of nitrogen functional groups attached to an aromatic ring is 1. The fourth-order valence-electron chi connectivity index (χ4n) is 2.43. The highest BCUT2D eigenvalue weighted by atomic mass is 16.1. The Hall–Kier alpha value is -2.83. The maximum Gasteiger partial charge on any atom is 0.254 e. The molecule has 5 N–H and O–H groups in total. The Kier molecular flexibility index (Phi) is 2.94. The van der Waals surface area contributed by atoms with Crippen LogP contribution in [0.15, 0.2) is 24.4 Å². The van der Waals surface area contributed by atoms with Crippen molar-refractivity contribution in [2.75, 3.05) is 5.73 Å². The molecule has 22 heavy (non-hydrogen) atoms. The van der Waals surface area contributed by atoms with E-state index >= 15 is 0 Å². The second kappa shape index (κ2) is 4.59. The van der Waals surface area contributed by atoms with Gasteiger partial charge in [0.05, 0.1) is 22.3 Å². The average Bonchev–Trinajstić information content (AvgIpc) is 3.00. The number of aromatic amines is 1. The smallest absolute Gasteiger partial charge is 0.254 e. The number of carbonyl (C=O) groups is 1. The molecule has 0 fully saturated rings. The van der Waals surface area contributed by atoms with E-state index < -0.39 is 5.91 Å². The van der Waals surface area contributed by atoms with Crippen LogP contribution in [0.5, 0.6) is 0 Å². The van der Waals surface area contributed by atoms with Crippen LogP contribution in [-0.2, 0) is 5.54 Å². The number of H-pyrrole nitrogens is 1. The molecule has 3 aromatic rings. The number of amides is 1. The second-order valence-corrected chi connectivity index (χ2v) is 6.16. The molecular formula is C15H18N6O. The standard InChI is InChI=1S/C15H18N6O/c1-15(2,3)21-13(16)11(14(17)22)12(20-21)10-5-4-8-9(19-10)6-7-18-8/h4-7,18H,16H2,1-3H3,(H2,17,22). The van der Waals surface area contributed by atoms with Gasteiger partial charge in [-0.3, -0.25) is 4.79 Å². The van der Waals surface area contributed by atoms with Crippen molar-refractivity contribution in [1.82, 2.24) is 19.7 Å². The zero-order valence-corrected chi connectivity index (χ0v) is 12.7. The maximum atomic E-state index is 11.8. The van der Waals surface area contributed by atoms with Crippen LogP contribution in [0, 0.1) is 0 Å². The molecule has 0 aliphatic carbocycles. The van der Waals surface area contributed by atoms with E-state index in [-0.39, 0.29) is 16.9 Å². The number of nitrogens with two attached hydrogens (primary N) is 2. The summed E-state index contributed by atoms with van der Waals surface area (Å²) in [5, 5.41) is 4.48. The van der Waals surface area contributed by atoms with Gasteiger partial charge in [0.25, 0.3) is 5.91 Å². The summed E-state index contributed by atoms with van der Waals surface area (Å²) in [7, 11) is 0.